The summed E-state index contributed by atoms with van der Waals surface area (Å²) in [5.41, 5.74) is 6.66. The number of rotatable bonds is 2. The first-order valence-corrected chi connectivity index (χ1v) is 3.54. The molecule has 1 aliphatic carbocycles. The van der Waals surface area contributed by atoms with E-state index in [9.17, 15) is 0 Å². The van der Waals surface area contributed by atoms with Gasteiger partial charge in [-0.15, -0.1) is 0 Å². The quantitative estimate of drug-likeness (QED) is 0.607. The Labute approximate surface area is 77.3 Å². The maximum absolute atomic E-state index is 5.44. The zero-order valence-electron chi connectivity index (χ0n) is 6.18. The van der Waals surface area contributed by atoms with Gasteiger partial charge in [0, 0.05) is 27.6 Å². The average molecular weight is 308 g/mol. The smallest absolute Gasteiger partial charge is 0.0135 e. The summed E-state index contributed by atoms with van der Waals surface area (Å²) in [4.78, 5) is 0. The van der Waals surface area contributed by atoms with Crippen LogP contribution in [0.4, 0.5) is 0 Å². The van der Waals surface area contributed by atoms with E-state index >= 15 is 0 Å². The molecule has 1 aliphatic rings. The van der Waals surface area contributed by atoms with Crippen molar-refractivity contribution in [2.24, 2.45) is 11.7 Å². The second kappa shape index (κ2) is 5.09. The summed E-state index contributed by atoms with van der Waals surface area (Å²) in [6.07, 6.45) is 6.06. The topological polar surface area (TPSA) is 26.0 Å². The molecule has 2 heteroatoms. The first-order valence-electron chi connectivity index (χ1n) is 3.54. The molecular weight excluding hydrogens is 294 g/mol. The van der Waals surface area contributed by atoms with Gasteiger partial charge in [-0.2, -0.15) is 12.8 Å². The summed E-state index contributed by atoms with van der Waals surface area (Å²) in [5.74, 6) is 0.704. The zero-order chi connectivity index (χ0) is 6.69. The fourth-order valence-corrected chi connectivity index (χ4v) is 1.29. The minimum atomic E-state index is 0. The third-order valence-electron chi connectivity index (χ3n) is 2.01. The molecule has 1 atom stereocenters. The summed E-state index contributed by atoms with van der Waals surface area (Å²) >= 11 is 0. The summed E-state index contributed by atoms with van der Waals surface area (Å²) in [6.45, 7) is 4.58. The predicted octanol–water partition coefficient (Wildman–Crippen LogP) is 1.50. The van der Waals surface area contributed by atoms with Crippen LogP contribution in [0.15, 0.2) is 12.2 Å². The maximum Gasteiger partial charge on any atom is 0.0135 e. The zero-order valence-corrected chi connectivity index (χ0v) is 9.11. The van der Waals surface area contributed by atoms with Crippen LogP contribution in [0.3, 0.4) is 0 Å². The van der Waals surface area contributed by atoms with Crippen molar-refractivity contribution >= 4 is 0 Å². The Kier molecular flexibility index (Phi) is 5.29. The Morgan fingerprint density at radius 2 is 2.40 bits per heavy atom. The van der Waals surface area contributed by atoms with Gasteiger partial charge in [0.05, 0.1) is 0 Å². The van der Waals surface area contributed by atoms with Crippen LogP contribution in [0.1, 0.15) is 19.3 Å². The SMILES string of the molecule is C=C(CN)[C@@H]1C[CH-]CC1.[W]. The largest absolute Gasteiger partial charge is 0.328 e. The van der Waals surface area contributed by atoms with Gasteiger partial charge < -0.3 is 12.2 Å². The van der Waals surface area contributed by atoms with Crippen molar-refractivity contribution in [1.82, 2.24) is 0 Å². The molecule has 0 amide bonds. The minimum Gasteiger partial charge on any atom is -0.328 e. The third kappa shape index (κ3) is 2.55. The normalized spacial score (nSPS) is 23.9. The minimum absolute atomic E-state index is 0. The molecule has 0 saturated heterocycles. The van der Waals surface area contributed by atoms with E-state index in [1.165, 1.54) is 24.8 Å². The summed E-state index contributed by atoms with van der Waals surface area (Å²) in [6, 6.07) is 0. The van der Waals surface area contributed by atoms with Crippen LogP contribution in [0.2, 0.25) is 0 Å². The van der Waals surface area contributed by atoms with Crippen molar-refractivity contribution in [3.05, 3.63) is 18.6 Å². The van der Waals surface area contributed by atoms with Crippen molar-refractivity contribution in [3.8, 4) is 0 Å². The first-order chi connectivity index (χ1) is 4.34. The fraction of sp³-hybridized carbons (Fsp3) is 0.625. The van der Waals surface area contributed by atoms with E-state index in [0.29, 0.717) is 12.5 Å². The molecule has 0 aromatic carbocycles. The Morgan fingerprint density at radius 3 is 2.80 bits per heavy atom. The van der Waals surface area contributed by atoms with Crippen molar-refractivity contribution in [2.75, 3.05) is 6.54 Å². The summed E-state index contributed by atoms with van der Waals surface area (Å²) in [5, 5.41) is 0. The standard InChI is InChI=1S/C8H14N.W/c1-7(6-9)8-4-2-3-5-8;/h2,8H,1,3-6,9H2;/q-1;/t8-;/m1./s1. The van der Waals surface area contributed by atoms with Gasteiger partial charge in [0.1, 0.15) is 0 Å². The van der Waals surface area contributed by atoms with Crippen molar-refractivity contribution < 1.29 is 21.1 Å². The van der Waals surface area contributed by atoms with Crippen LogP contribution >= 0.6 is 0 Å². The Morgan fingerprint density at radius 1 is 1.70 bits per heavy atom. The van der Waals surface area contributed by atoms with Gasteiger partial charge in [-0.1, -0.05) is 18.6 Å². The van der Waals surface area contributed by atoms with Crippen molar-refractivity contribution in [1.29, 1.82) is 0 Å². The van der Waals surface area contributed by atoms with Gasteiger partial charge in [-0.25, -0.2) is 0 Å². The maximum atomic E-state index is 5.44. The van der Waals surface area contributed by atoms with Crippen LogP contribution in [0, 0.1) is 12.3 Å². The summed E-state index contributed by atoms with van der Waals surface area (Å²) < 4.78 is 0. The molecule has 58 valence electrons. The third-order valence-corrected chi connectivity index (χ3v) is 2.01. The fourth-order valence-electron chi connectivity index (χ4n) is 1.29. The first kappa shape index (κ1) is 10.4. The molecule has 2 N–H and O–H groups in total. The van der Waals surface area contributed by atoms with E-state index in [1.54, 1.807) is 0 Å². The van der Waals surface area contributed by atoms with Crippen molar-refractivity contribution in [3.63, 3.8) is 0 Å². The molecule has 0 spiro atoms. The molecule has 0 heterocycles. The molecule has 0 radical (unpaired) electrons. The molecule has 0 aliphatic heterocycles. The van der Waals surface area contributed by atoms with Gasteiger partial charge >= 0.3 is 0 Å². The van der Waals surface area contributed by atoms with Gasteiger partial charge in [0.2, 0.25) is 0 Å². The molecule has 0 aromatic heterocycles. The van der Waals surface area contributed by atoms with Crippen LogP contribution in [-0.4, -0.2) is 6.54 Å². The van der Waals surface area contributed by atoms with Crippen LogP contribution < -0.4 is 5.73 Å². The van der Waals surface area contributed by atoms with Crippen molar-refractivity contribution in [2.45, 2.75) is 19.3 Å². The van der Waals surface area contributed by atoms with E-state index < -0.39 is 0 Å². The molecule has 10 heavy (non-hydrogen) atoms. The molecule has 1 rings (SSSR count). The van der Waals surface area contributed by atoms with Gasteiger partial charge in [-0.3, -0.25) is 0 Å². The average Bonchev–Trinajstić information content (AvgIpc) is 2.37. The Hall–Kier alpha value is 0.388. The molecule has 0 unspecified atom stereocenters. The molecule has 1 nitrogen and oxygen atoms in total. The van der Waals surface area contributed by atoms with E-state index in [-0.39, 0.29) is 21.1 Å². The Bertz CT molecular complexity index is 106. The van der Waals surface area contributed by atoms with Crippen LogP contribution in [0.5, 0.6) is 0 Å². The van der Waals surface area contributed by atoms with Gasteiger partial charge in [0.25, 0.3) is 0 Å². The monoisotopic (exact) mass is 308 g/mol. The molecule has 0 bridgehead atoms. The van der Waals surface area contributed by atoms with Crippen LogP contribution in [0.25, 0.3) is 0 Å². The van der Waals surface area contributed by atoms with Gasteiger partial charge in [0.15, 0.2) is 0 Å². The van der Waals surface area contributed by atoms with Gasteiger partial charge in [-0.05, 0) is 5.92 Å². The van der Waals surface area contributed by atoms with E-state index in [1.807, 2.05) is 0 Å². The number of nitrogens with two attached hydrogens (primary N) is 1. The second-order valence-corrected chi connectivity index (χ2v) is 2.66. The number of hydrogen-bond donors (Lipinski definition) is 1. The van der Waals surface area contributed by atoms with Crippen LogP contribution in [-0.2, 0) is 21.1 Å². The Balaban J connectivity index is 0.000000810. The second-order valence-electron chi connectivity index (χ2n) is 2.66. The van der Waals surface area contributed by atoms with E-state index in [0.717, 1.165) is 0 Å². The van der Waals surface area contributed by atoms with E-state index in [4.69, 9.17) is 5.73 Å². The summed E-state index contributed by atoms with van der Waals surface area (Å²) in [7, 11) is 0. The molecule has 0 aromatic rings. The predicted molar refractivity (Wildman–Crippen MR) is 39.8 cm³/mol. The molecule has 1 fully saturated rings. The van der Waals surface area contributed by atoms with E-state index in [2.05, 4.69) is 13.0 Å². The number of hydrogen-bond acceptors (Lipinski definition) is 1. The molecular formula is C8H14NW-. The molecule has 1 saturated carbocycles.